The molecule has 1 fully saturated rings. The molecular formula is C13H23N3S. The molecule has 4 heteroatoms. The van der Waals surface area contributed by atoms with Crippen molar-refractivity contribution in [3.63, 3.8) is 0 Å². The maximum absolute atomic E-state index is 5.78. The minimum Gasteiger partial charge on any atom is -0.348 e. The van der Waals surface area contributed by atoms with Gasteiger partial charge in [-0.25, -0.2) is 4.98 Å². The number of nitrogens with two attached hydrogens (primary N) is 1. The highest BCUT2D eigenvalue weighted by molar-refractivity contribution is 7.15. The highest BCUT2D eigenvalue weighted by Crippen LogP contribution is 2.33. The second-order valence-corrected chi connectivity index (χ2v) is 5.88. The average Bonchev–Trinajstić information content (AvgIpc) is 3.06. The van der Waals surface area contributed by atoms with Crippen molar-refractivity contribution < 1.29 is 0 Å². The Morgan fingerprint density at radius 3 is 2.65 bits per heavy atom. The van der Waals surface area contributed by atoms with Gasteiger partial charge in [0.05, 0.1) is 5.69 Å². The lowest BCUT2D eigenvalue weighted by molar-refractivity contribution is 0.704. The first-order chi connectivity index (χ1) is 8.28. The van der Waals surface area contributed by atoms with E-state index >= 15 is 0 Å². The summed E-state index contributed by atoms with van der Waals surface area (Å²) in [7, 11) is 0. The molecule has 2 rings (SSSR count). The number of hydrogen-bond donors (Lipinski definition) is 1. The smallest absolute Gasteiger partial charge is 0.185 e. The van der Waals surface area contributed by atoms with Gasteiger partial charge in [-0.15, -0.1) is 11.3 Å². The molecule has 1 aliphatic carbocycles. The minimum atomic E-state index is 0.629. The van der Waals surface area contributed by atoms with Crippen molar-refractivity contribution in [3.05, 3.63) is 10.6 Å². The maximum atomic E-state index is 5.78. The molecule has 0 aromatic carbocycles. The first kappa shape index (κ1) is 12.8. The quantitative estimate of drug-likeness (QED) is 0.812. The van der Waals surface area contributed by atoms with Gasteiger partial charge in [0, 0.05) is 24.5 Å². The van der Waals surface area contributed by atoms with Crippen LogP contribution in [0.2, 0.25) is 0 Å². The van der Waals surface area contributed by atoms with Crippen molar-refractivity contribution >= 4 is 16.5 Å². The lowest BCUT2D eigenvalue weighted by Gasteiger charge is -2.20. The number of hydrogen-bond acceptors (Lipinski definition) is 4. The lowest BCUT2D eigenvalue weighted by atomic mass is 10.3. The molecule has 1 saturated carbocycles. The molecule has 1 aliphatic rings. The average molecular weight is 253 g/mol. The molecule has 0 bridgehead atoms. The summed E-state index contributed by atoms with van der Waals surface area (Å²) < 4.78 is 0. The monoisotopic (exact) mass is 253 g/mol. The SMILES string of the molecule is CCCN(CC1CC1)c1nc(CC)c(CN)s1. The second kappa shape index (κ2) is 5.83. The van der Waals surface area contributed by atoms with E-state index in [-0.39, 0.29) is 0 Å². The van der Waals surface area contributed by atoms with E-state index in [0.717, 1.165) is 18.9 Å². The van der Waals surface area contributed by atoms with Crippen LogP contribution >= 0.6 is 11.3 Å². The van der Waals surface area contributed by atoms with Crippen molar-refractivity contribution in [2.75, 3.05) is 18.0 Å². The van der Waals surface area contributed by atoms with Crippen LogP contribution < -0.4 is 10.6 Å². The van der Waals surface area contributed by atoms with E-state index in [4.69, 9.17) is 10.7 Å². The van der Waals surface area contributed by atoms with Crippen LogP contribution in [0, 0.1) is 5.92 Å². The summed E-state index contributed by atoms with van der Waals surface area (Å²) in [5.74, 6) is 0.914. The van der Waals surface area contributed by atoms with Crippen LogP contribution in [-0.4, -0.2) is 18.1 Å². The third kappa shape index (κ3) is 3.19. The fourth-order valence-corrected chi connectivity index (χ4v) is 3.15. The van der Waals surface area contributed by atoms with E-state index in [9.17, 15) is 0 Å². The molecule has 0 spiro atoms. The van der Waals surface area contributed by atoms with E-state index in [2.05, 4.69) is 18.7 Å². The number of anilines is 1. The van der Waals surface area contributed by atoms with Crippen molar-refractivity contribution in [1.29, 1.82) is 0 Å². The Bertz CT molecular complexity index is 336. The van der Waals surface area contributed by atoms with Gasteiger partial charge in [-0.2, -0.15) is 0 Å². The fraction of sp³-hybridized carbons (Fsp3) is 0.769. The molecule has 1 aromatic heterocycles. The molecule has 2 N–H and O–H groups in total. The van der Waals surface area contributed by atoms with Crippen LogP contribution in [0.15, 0.2) is 0 Å². The molecule has 96 valence electrons. The third-order valence-corrected chi connectivity index (χ3v) is 4.41. The van der Waals surface area contributed by atoms with Crippen LogP contribution in [0.1, 0.15) is 43.7 Å². The number of aromatic nitrogens is 1. The Labute approximate surface area is 108 Å². The molecule has 3 nitrogen and oxygen atoms in total. The first-order valence-electron chi connectivity index (χ1n) is 6.72. The molecular weight excluding hydrogens is 230 g/mol. The first-order valence-corrected chi connectivity index (χ1v) is 7.53. The Balaban J connectivity index is 2.12. The van der Waals surface area contributed by atoms with Crippen LogP contribution in [-0.2, 0) is 13.0 Å². The Morgan fingerprint density at radius 1 is 1.41 bits per heavy atom. The topological polar surface area (TPSA) is 42.2 Å². The van der Waals surface area contributed by atoms with Crippen LogP contribution in [0.3, 0.4) is 0 Å². The summed E-state index contributed by atoms with van der Waals surface area (Å²) in [4.78, 5) is 8.49. The van der Waals surface area contributed by atoms with Gasteiger partial charge in [0.25, 0.3) is 0 Å². The van der Waals surface area contributed by atoms with Crippen molar-refractivity contribution in [2.45, 2.75) is 46.1 Å². The highest BCUT2D eigenvalue weighted by atomic mass is 32.1. The van der Waals surface area contributed by atoms with Crippen molar-refractivity contribution in [1.82, 2.24) is 4.98 Å². The Morgan fingerprint density at radius 2 is 2.18 bits per heavy atom. The molecule has 0 saturated heterocycles. The Kier molecular flexibility index (Phi) is 4.40. The second-order valence-electron chi connectivity index (χ2n) is 4.81. The van der Waals surface area contributed by atoms with Gasteiger partial charge in [-0.1, -0.05) is 13.8 Å². The number of aryl methyl sites for hydroxylation is 1. The molecule has 0 radical (unpaired) electrons. The predicted molar refractivity (Wildman–Crippen MR) is 74.6 cm³/mol. The zero-order valence-electron chi connectivity index (χ0n) is 10.9. The number of thiazole rings is 1. The summed E-state index contributed by atoms with van der Waals surface area (Å²) in [5, 5.41) is 1.19. The molecule has 0 amide bonds. The zero-order chi connectivity index (χ0) is 12.3. The molecule has 17 heavy (non-hydrogen) atoms. The summed E-state index contributed by atoms with van der Waals surface area (Å²) in [5.41, 5.74) is 6.98. The van der Waals surface area contributed by atoms with E-state index < -0.39 is 0 Å². The standard InChI is InChI=1S/C13H23N3S/c1-3-7-16(9-10-5-6-10)13-15-11(4-2)12(8-14)17-13/h10H,3-9,14H2,1-2H3. The maximum Gasteiger partial charge on any atom is 0.185 e. The van der Waals surface area contributed by atoms with Crippen molar-refractivity contribution in [3.8, 4) is 0 Å². The highest BCUT2D eigenvalue weighted by Gasteiger charge is 2.25. The van der Waals surface area contributed by atoms with E-state index in [1.807, 2.05) is 0 Å². The molecule has 0 aliphatic heterocycles. The van der Waals surface area contributed by atoms with Crippen LogP contribution in [0.25, 0.3) is 0 Å². The van der Waals surface area contributed by atoms with Crippen molar-refractivity contribution in [2.24, 2.45) is 11.7 Å². The normalized spacial score (nSPS) is 15.2. The van der Waals surface area contributed by atoms with Gasteiger partial charge in [-0.3, -0.25) is 0 Å². The van der Waals surface area contributed by atoms with Gasteiger partial charge < -0.3 is 10.6 Å². The minimum absolute atomic E-state index is 0.629. The summed E-state index contributed by atoms with van der Waals surface area (Å²) in [6, 6.07) is 0. The largest absolute Gasteiger partial charge is 0.348 e. The third-order valence-electron chi connectivity index (χ3n) is 3.23. The van der Waals surface area contributed by atoms with Gasteiger partial charge in [0.1, 0.15) is 0 Å². The van der Waals surface area contributed by atoms with E-state index in [0.29, 0.717) is 6.54 Å². The predicted octanol–water partition coefficient (Wildman–Crippen LogP) is 2.79. The summed E-state index contributed by atoms with van der Waals surface area (Å²) in [6.45, 7) is 7.33. The summed E-state index contributed by atoms with van der Waals surface area (Å²) >= 11 is 1.79. The lowest BCUT2D eigenvalue weighted by Crippen LogP contribution is -2.26. The van der Waals surface area contributed by atoms with E-state index in [1.54, 1.807) is 11.3 Å². The molecule has 1 aromatic rings. The molecule has 0 atom stereocenters. The molecule has 1 heterocycles. The van der Waals surface area contributed by atoms with Gasteiger partial charge in [-0.05, 0) is 31.6 Å². The summed E-state index contributed by atoms with van der Waals surface area (Å²) in [6.07, 6.45) is 4.98. The van der Waals surface area contributed by atoms with Gasteiger partial charge in [0.15, 0.2) is 5.13 Å². The zero-order valence-corrected chi connectivity index (χ0v) is 11.7. The fourth-order valence-electron chi connectivity index (χ4n) is 2.09. The van der Waals surface area contributed by atoms with Gasteiger partial charge in [0.2, 0.25) is 0 Å². The van der Waals surface area contributed by atoms with Crippen LogP contribution in [0.5, 0.6) is 0 Å². The number of rotatable bonds is 7. The van der Waals surface area contributed by atoms with E-state index in [1.165, 1.54) is 41.5 Å². The Hall–Kier alpha value is -0.610. The van der Waals surface area contributed by atoms with Gasteiger partial charge >= 0.3 is 0 Å². The van der Waals surface area contributed by atoms with Crippen LogP contribution in [0.4, 0.5) is 5.13 Å². The molecule has 0 unspecified atom stereocenters. The number of nitrogens with zero attached hydrogens (tertiary/aromatic N) is 2.